The zero-order valence-corrected chi connectivity index (χ0v) is 15.1. The molecule has 7 heteroatoms. The summed E-state index contributed by atoms with van der Waals surface area (Å²) in [4.78, 5) is 48.7. The number of amides is 3. The monoisotopic (exact) mass is 370 g/mol. The van der Waals surface area contributed by atoms with E-state index < -0.39 is 17.8 Å². The SMILES string of the molecule is C[C@H]1CCCC[C@@H]1NC(=O)COC(=O)c1cccc(N2C(=O)C=CC2=O)c1. The molecule has 3 amide bonds. The molecule has 0 radical (unpaired) electrons. The van der Waals surface area contributed by atoms with E-state index in [2.05, 4.69) is 12.2 Å². The molecule has 142 valence electrons. The van der Waals surface area contributed by atoms with E-state index in [0.29, 0.717) is 5.92 Å². The molecule has 1 fully saturated rings. The Morgan fingerprint density at radius 2 is 1.85 bits per heavy atom. The lowest BCUT2D eigenvalue weighted by atomic mass is 9.86. The minimum atomic E-state index is -0.684. The van der Waals surface area contributed by atoms with Gasteiger partial charge in [0.05, 0.1) is 11.3 Å². The van der Waals surface area contributed by atoms with E-state index in [0.717, 1.165) is 24.2 Å². The zero-order valence-electron chi connectivity index (χ0n) is 15.1. The first kappa shape index (κ1) is 18.8. The Morgan fingerprint density at radius 1 is 1.15 bits per heavy atom. The fourth-order valence-corrected chi connectivity index (χ4v) is 3.42. The van der Waals surface area contributed by atoms with Gasteiger partial charge in [0.15, 0.2) is 6.61 Å². The first-order valence-corrected chi connectivity index (χ1v) is 9.08. The van der Waals surface area contributed by atoms with Crippen molar-refractivity contribution in [3.8, 4) is 0 Å². The minimum absolute atomic E-state index is 0.118. The van der Waals surface area contributed by atoms with Gasteiger partial charge in [-0.25, -0.2) is 9.69 Å². The van der Waals surface area contributed by atoms with Crippen LogP contribution in [0.25, 0.3) is 0 Å². The summed E-state index contributed by atoms with van der Waals surface area (Å²) in [7, 11) is 0. The van der Waals surface area contributed by atoms with E-state index in [9.17, 15) is 19.2 Å². The average molecular weight is 370 g/mol. The molecule has 1 N–H and O–H groups in total. The summed E-state index contributed by atoms with van der Waals surface area (Å²) < 4.78 is 5.08. The third-order valence-electron chi connectivity index (χ3n) is 4.94. The number of benzene rings is 1. The maximum atomic E-state index is 12.2. The summed E-state index contributed by atoms with van der Waals surface area (Å²) in [5.41, 5.74) is 0.448. The number of esters is 1. The van der Waals surface area contributed by atoms with Crippen molar-refractivity contribution in [1.82, 2.24) is 5.32 Å². The summed E-state index contributed by atoms with van der Waals surface area (Å²) >= 11 is 0. The molecule has 1 aromatic carbocycles. The van der Waals surface area contributed by atoms with Gasteiger partial charge in [0.25, 0.3) is 17.7 Å². The molecule has 2 atom stereocenters. The molecule has 0 spiro atoms. The van der Waals surface area contributed by atoms with Crippen LogP contribution in [0.15, 0.2) is 36.4 Å². The lowest BCUT2D eigenvalue weighted by molar-refractivity contribution is -0.125. The molecule has 0 aromatic heterocycles. The van der Waals surface area contributed by atoms with E-state index in [4.69, 9.17) is 4.74 Å². The molecule has 3 rings (SSSR count). The standard InChI is InChI=1S/C20H22N2O5/c1-13-5-2-3-8-16(13)21-17(23)12-27-20(26)14-6-4-7-15(11-14)22-18(24)9-10-19(22)25/h4,6-7,9-11,13,16H,2-3,5,8,12H2,1H3,(H,21,23)/t13-,16-/m0/s1. The summed E-state index contributed by atoms with van der Waals surface area (Å²) in [6, 6.07) is 6.12. The second kappa shape index (κ2) is 8.16. The van der Waals surface area contributed by atoms with Gasteiger partial charge in [-0.2, -0.15) is 0 Å². The number of anilines is 1. The van der Waals surface area contributed by atoms with Gasteiger partial charge in [0, 0.05) is 18.2 Å². The third-order valence-corrected chi connectivity index (χ3v) is 4.94. The summed E-state index contributed by atoms with van der Waals surface area (Å²) in [6.45, 7) is 1.74. The van der Waals surface area contributed by atoms with Crippen LogP contribution in [0.1, 0.15) is 43.0 Å². The van der Waals surface area contributed by atoms with Crippen LogP contribution >= 0.6 is 0 Å². The predicted molar refractivity (Wildman–Crippen MR) is 97.9 cm³/mol. The first-order chi connectivity index (χ1) is 13.0. The number of carbonyl (C=O) groups excluding carboxylic acids is 4. The highest BCUT2D eigenvalue weighted by atomic mass is 16.5. The zero-order chi connectivity index (χ0) is 19.4. The molecular formula is C20H22N2O5. The molecular weight excluding hydrogens is 348 g/mol. The fraction of sp³-hybridized carbons (Fsp3) is 0.400. The number of imide groups is 1. The average Bonchev–Trinajstić information content (AvgIpc) is 3.00. The highest BCUT2D eigenvalue weighted by Gasteiger charge is 2.26. The number of hydrogen-bond acceptors (Lipinski definition) is 5. The van der Waals surface area contributed by atoms with Crippen LogP contribution in [-0.4, -0.2) is 36.3 Å². The van der Waals surface area contributed by atoms with Crippen molar-refractivity contribution in [2.45, 2.75) is 38.6 Å². The topological polar surface area (TPSA) is 92.8 Å². The molecule has 2 aliphatic rings. The molecule has 0 bridgehead atoms. The van der Waals surface area contributed by atoms with Crippen LogP contribution in [0.4, 0.5) is 5.69 Å². The van der Waals surface area contributed by atoms with Gasteiger partial charge < -0.3 is 10.1 Å². The molecule has 0 saturated heterocycles. The second-order valence-corrected chi connectivity index (χ2v) is 6.91. The Balaban J connectivity index is 1.56. The molecule has 1 heterocycles. The minimum Gasteiger partial charge on any atom is -0.452 e. The van der Waals surface area contributed by atoms with E-state index in [-0.39, 0.29) is 29.8 Å². The molecule has 1 aromatic rings. The van der Waals surface area contributed by atoms with E-state index >= 15 is 0 Å². The van der Waals surface area contributed by atoms with Crippen molar-refractivity contribution >= 4 is 29.4 Å². The Hall–Kier alpha value is -2.96. The van der Waals surface area contributed by atoms with Crippen LogP contribution in [0.2, 0.25) is 0 Å². The maximum Gasteiger partial charge on any atom is 0.338 e. The number of carbonyl (C=O) groups is 4. The van der Waals surface area contributed by atoms with Crippen LogP contribution < -0.4 is 10.2 Å². The van der Waals surface area contributed by atoms with Crippen molar-refractivity contribution in [3.63, 3.8) is 0 Å². The van der Waals surface area contributed by atoms with Gasteiger partial charge in [0.2, 0.25) is 0 Å². The molecule has 1 aliphatic carbocycles. The number of rotatable bonds is 5. The van der Waals surface area contributed by atoms with Gasteiger partial charge in [0.1, 0.15) is 0 Å². The molecule has 0 unspecified atom stereocenters. The Kier molecular flexibility index (Phi) is 5.69. The van der Waals surface area contributed by atoms with Gasteiger partial charge in [-0.15, -0.1) is 0 Å². The molecule has 1 saturated carbocycles. The highest BCUT2D eigenvalue weighted by molar-refractivity contribution is 6.28. The fourth-order valence-electron chi connectivity index (χ4n) is 3.42. The Bertz CT molecular complexity index is 783. The Morgan fingerprint density at radius 3 is 2.56 bits per heavy atom. The van der Waals surface area contributed by atoms with Crippen molar-refractivity contribution < 1.29 is 23.9 Å². The van der Waals surface area contributed by atoms with Crippen molar-refractivity contribution in [2.75, 3.05) is 11.5 Å². The second-order valence-electron chi connectivity index (χ2n) is 6.91. The molecule has 27 heavy (non-hydrogen) atoms. The van der Waals surface area contributed by atoms with Crippen molar-refractivity contribution in [2.24, 2.45) is 5.92 Å². The summed E-state index contributed by atoms with van der Waals surface area (Å²) in [5.74, 6) is -1.53. The number of hydrogen-bond donors (Lipinski definition) is 1. The largest absolute Gasteiger partial charge is 0.452 e. The van der Waals surface area contributed by atoms with Crippen molar-refractivity contribution in [1.29, 1.82) is 0 Å². The number of nitrogens with zero attached hydrogens (tertiary/aromatic N) is 1. The van der Waals surface area contributed by atoms with Gasteiger partial charge in [-0.1, -0.05) is 25.8 Å². The van der Waals surface area contributed by atoms with Gasteiger partial charge in [-0.3, -0.25) is 14.4 Å². The van der Waals surface area contributed by atoms with Crippen LogP contribution in [0, 0.1) is 5.92 Å². The van der Waals surface area contributed by atoms with E-state index in [1.54, 1.807) is 12.1 Å². The number of nitrogens with one attached hydrogen (secondary N) is 1. The summed E-state index contributed by atoms with van der Waals surface area (Å²) in [5, 5.41) is 2.92. The smallest absolute Gasteiger partial charge is 0.338 e. The maximum absolute atomic E-state index is 12.2. The molecule has 7 nitrogen and oxygen atoms in total. The van der Waals surface area contributed by atoms with Crippen LogP contribution in [0.5, 0.6) is 0 Å². The van der Waals surface area contributed by atoms with Gasteiger partial charge >= 0.3 is 5.97 Å². The first-order valence-electron chi connectivity index (χ1n) is 9.08. The van der Waals surface area contributed by atoms with E-state index in [1.165, 1.54) is 30.7 Å². The van der Waals surface area contributed by atoms with Gasteiger partial charge in [-0.05, 0) is 37.0 Å². The third kappa shape index (κ3) is 4.42. The lowest BCUT2D eigenvalue weighted by Crippen LogP contribution is -2.42. The Labute approximate surface area is 157 Å². The van der Waals surface area contributed by atoms with Crippen LogP contribution in [-0.2, 0) is 19.1 Å². The normalized spacial score (nSPS) is 22.0. The van der Waals surface area contributed by atoms with Crippen LogP contribution in [0.3, 0.4) is 0 Å². The highest BCUT2D eigenvalue weighted by Crippen LogP contribution is 2.24. The quantitative estimate of drug-likeness (QED) is 0.632. The number of ether oxygens (including phenoxy) is 1. The van der Waals surface area contributed by atoms with E-state index in [1.807, 2.05) is 0 Å². The predicted octanol–water partition coefficient (Wildman–Crippen LogP) is 1.97. The van der Waals surface area contributed by atoms with Crippen molar-refractivity contribution in [3.05, 3.63) is 42.0 Å². The molecule has 1 aliphatic heterocycles. The summed E-state index contributed by atoms with van der Waals surface area (Å²) in [6.07, 6.45) is 6.63. The lowest BCUT2D eigenvalue weighted by Gasteiger charge is -2.29.